The van der Waals surface area contributed by atoms with Gasteiger partial charge in [0.1, 0.15) is 5.75 Å². The molecule has 92 valence electrons. The lowest BCUT2D eigenvalue weighted by Crippen LogP contribution is -2.40. The summed E-state index contributed by atoms with van der Waals surface area (Å²) in [5.41, 5.74) is 0.397. The minimum atomic E-state index is -0.179. The molecule has 1 aliphatic rings. The number of aromatic hydroxyl groups is 1. The van der Waals surface area contributed by atoms with Gasteiger partial charge in [0.05, 0.1) is 11.8 Å². The van der Waals surface area contributed by atoms with Crippen molar-refractivity contribution in [3.05, 3.63) is 24.0 Å². The molecule has 1 atom stereocenters. The van der Waals surface area contributed by atoms with Gasteiger partial charge in [-0.25, -0.2) is 0 Å². The normalized spacial score (nSPS) is 20.6. The molecule has 2 heterocycles. The van der Waals surface area contributed by atoms with Crippen molar-refractivity contribution < 1.29 is 9.90 Å². The second-order valence-corrected chi connectivity index (χ2v) is 4.30. The Labute approximate surface area is 100 Å². The fourth-order valence-electron chi connectivity index (χ4n) is 1.96. The van der Waals surface area contributed by atoms with Gasteiger partial charge in [0.15, 0.2) is 0 Å². The van der Waals surface area contributed by atoms with Crippen molar-refractivity contribution in [2.24, 2.45) is 0 Å². The van der Waals surface area contributed by atoms with Gasteiger partial charge >= 0.3 is 0 Å². The Kier molecular flexibility index (Phi) is 3.93. The second kappa shape index (κ2) is 5.63. The zero-order valence-corrected chi connectivity index (χ0v) is 9.65. The van der Waals surface area contributed by atoms with Gasteiger partial charge in [-0.15, -0.1) is 0 Å². The Hall–Kier alpha value is -1.62. The molecule has 0 aliphatic carbocycles. The van der Waals surface area contributed by atoms with E-state index in [1.54, 1.807) is 0 Å². The third kappa shape index (κ3) is 3.42. The molecule has 0 spiro atoms. The van der Waals surface area contributed by atoms with Gasteiger partial charge in [-0.3, -0.25) is 9.78 Å². The highest BCUT2D eigenvalue weighted by atomic mass is 16.3. The Bertz CT molecular complexity index is 387. The molecule has 3 N–H and O–H groups in total. The van der Waals surface area contributed by atoms with Crippen molar-refractivity contribution in [1.29, 1.82) is 0 Å². The minimum Gasteiger partial charge on any atom is -0.506 e. The van der Waals surface area contributed by atoms with Crippen molar-refractivity contribution in [2.45, 2.75) is 25.3 Å². The van der Waals surface area contributed by atoms with Gasteiger partial charge in [0.2, 0.25) is 0 Å². The molecule has 1 saturated heterocycles. The Morgan fingerprint density at radius 1 is 1.47 bits per heavy atom. The molecule has 2 rings (SSSR count). The van der Waals surface area contributed by atoms with E-state index in [4.69, 9.17) is 0 Å². The van der Waals surface area contributed by atoms with Crippen LogP contribution in [0.5, 0.6) is 5.75 Å². The highest BCUT2D eigenvalue weighted by Gasteiger charge is 2.15. The fourth-order valence-corrected chi connectivity index (χ4v) is 1.96. The zero-order chi connectivity index (χ0) is 12.1. The first-order chi connectivity index (χ1) is 8.25. The number of hydrogen-bond donors (Lipinski definition) is 3. The lowest BCUT2D eigenvalue weighted by atomic mass is 10.1. The predicted octanol–water partition coefficient (Wildman–Crippen LogP) is 0.659. The van der Waals surface area contributed by atoms with Crippen LogP contribution in [0.3, 0.4) is 0 Å². The summed E-state index contributed by atoms with van der Waals surface area (Å²) in [6, 6.07) is 1.58. The topological polar surface area (TPSA) is 74.2 Å². The number of carbonyl (C=O) groups is 1. The molecule has 1 unspecified atom stereocenters. The predicted molar refractivity (Wildman–Crippen MR) is 63.9 cm³/mol. The first-order valence-electron chi connectivity index (χ1n) is 5.91. The van der Waals surface area contributed by atoms with E-state index >= 15 is 0 Å². The van der Waals surface area contributed by atoms with Gasteiger partial charge in [-0.1, -0.05) is 6.42 Å². The molecular formula is C12H17N3O2. The van der Waals surface area contributed by atoms with Crippen LogP contribution in [0.1, 0.15) is 29.6 Å². The van der Waals surface area contributed by atoms with Crippen LogP contribution in [0, 0.1) is 0 Å². The maximum Gasteiger partial charge on any atom is 0.253 e. The standard InChI is InChI=1S/C12H17N3O2/c16-11-5-9(6-14-8-11)12(17)15-10-3-1-2-4-13-7-10/h5-6,8,10,13,16H,1-4,7H2,(H,15,17). The van der Waals surface area contributed by atoms with Gasteiger partial charge in [0, 0.05) is 18.8 Å². The number of rotatable bonds is 2. The summed E-state index contributed by atoms with van der Waals surface area (Å²) in [7, 11) is 0. The van der Waals surface area contributed by atoms with Crippen LogP contribution in [0.2, 0.25) is 0 Å². The molecule has 0 aromatic carbocycles. The Morgan fingerprint density at radius 2 is 2.35 bits per heavy atom. The summed E-state index contributed by atoms with van der Waals surface area (Å²) in [4.78, 5) is 15.7. The molecule has 5 heteroatoms. The molecule has 5 nitrogen and oxygen atoms in total. The van der Waals surface area contributed by atoms with E-state index < -0.39 is 0 Å². The molecule has 1 fully saturated rings. The number of aromatic nitrogens is 1. The number of nitrogens with one attached hydrogen (secondary N) is 2. The quantitative estimate of drug-likeness (QED) is 0.704. The van der Waals surface area contributed by atoms with E-state index in [1.807, 2.05) is 0 Å². The average molecular weight is 235 g/mol. The average Bonchev–Trinajstić information content (AvgIpc) is 2.57. The third-order valence-electron chi connectivity index (χ3n) is 2.87. The fraction of sp³-hybridized carbons (Fsp3) is 0.500. The lowest BCUT2D eigenvalue weighted by molar-refractivity contribution is 0.0934. The summed E-state index contributed by atoms with van der Waals surface area (Å²) in [5, 5.41) is 15.5. The van der Waals surface area contributed by atoms with Crippen LogP contribution in [-0.2, 0) is 0 Å². The molecule has 0 radical (unpaired) electrons. The second-order valence-electron chi connectivity index (χ2n) is 4.30. The van der Waals surface area contributed by atoms with E-state index in [9.17, 15) is 9.90 Å². The molecular weight excluding hydrogens is 218 g/mol. The zero-order valence-electron chi connectivity index (χ0n) is 9.65. The summed E-state index contributed by atoms with van der Waals surface area (Å²) in [6.07, 6.45) is 6.03. The van der Waals surface area contributed by atoms with Crippen LogP contribution in [0.4, 0.5) is 0 Å². The molecule has 0 bridgehead atoms. The van der Waals surface area contributed by atoms with E-state index in [-0.39, 0.29) is 17.7 Å². The number of pyridine rings is 1. The lowest BCUT2D eigenvalue weighted by Gasteiger charge is -2.16. The summed E-state index contributed by atoms with van der Waals surface area (Å²) >= 11 is 0. The van der Waals surface area contributed by atoms with E-state index in [0.29, 0.717) is 5.56 Å². The summed E-state index contributed by atoms with van der Waals surface area (Å²) < 4.78 is 0. The van der Waals surface area contributed by atoms with Crippen molar-refractivity contribution in [3.63, 3.8) is 0 Å². The van der Waals surface area contributed by atoms with Crippen LogP contribution >= 0.6 is 0 Å². The van der Waals surface area contributed by atoms with Gasteiger partial charge < -0.3 is 15.7 Å². The number of nitrogens with zero attached hydrogens (tertiary/aromatic N) is 1. The van der Waals surface area contributed by atoms with Gasteiger partial charge in [-0.2, -0.15) is 0 Å². The number of amides is 1. The van der Waals surface area contributed by atoms with Crippen LogP contribution in [0.15, 0.2) is 18.5 Å². The maximum atomic E-state index is 11.9. The summed E-state index contributed by atoms with van der Waals surface area (Å²) in [5.74, 6) is -0.168. The smallest absolute Gasteiger partial charge is 0.253 e. The van der Waals surface area contributed by atoms with Crippen molar-refractivity contribution in [2.75, 3.05) is 13.1 Å². The van der Waals surface area contributed by atoms with E-state index in [2.05, 4.69) is 15.6 Å². The van der Waals surface area contributed by atoms with Crippen molar-refractivity contribution >= 4 is 5.91 Å². The van der Waals surface area contributed by atoms with Crippen molar-refractivity contribution in [3.8, 4) is 5.75 Å². The summed E-state index contributed by atoms with van der Waals surface area (Å²) in [6.45, 7) is 1.82. The van der Waals surface area contributed by atoms with Gasteiger partial charge in [-0.05, 0) is 25.5 Å². The van der Waals surface area contributed by atoms with Crippen LogP contribution < -0.4 is 10.6 Å². The van der Waals surface area contributed by atoms with Crippen LogP contribution in [-0.4, -0.2) is 35.1 Å². The van der Waals surface area contributed by atoms with E-state index in [0.717, 1.165) is 32.4 Å². The number of carbonyl (C=O) groups excluding carboxylic acids is 1. The third-order valence-corrected chi connectivity index (χ3v) is 2.87. The van der Waals surface area contributed by atoms with E-state index in [1.165, 1.54) is 18.5 Å². The molecule has 1 aliphatic heterocycles. The first kappa shape index (κ1) is 11.9. The molecule has 1 amide bonds. The van der Waals surface area contributed by atoms with Crippen molar-refractivity contribution in [1.82, 2.24) is 15.6 Å². The Morgan fingerprint density at radius 3 is 3.18 bits per heavy atom. The number of hydrogen-bond acceptors (Lipinski definition) is 4. The minimum absolute atomic E-state index is 0.0108. The SMILES string of the molecule is O=C(NC1CCCCNC1)c1cncc(O)c1. The maximum absolute atomic E-state index is 11.9. The monoisotopic (exact) mass is 235 g/mol. The molecule has 1 aromatic rings. The van der Waals surface area contributed by atoms with Crippen LogP contribution in [0.25, 0.3) is 0 Å². The highest BCUT2D eigenvalue weighted by Crippen LogP contribution is 2.10. The largest absolute Gasteiger partial charge is 0.506 e. The molecule has 1 aromatic heterocycles. The highest BCUT2D eigenvalue weighted by molar-refractivity contribution is 5.94. The first-order valence-corrected chi connectivity index (χ1v) is 5.91. The molecule has 17 heavy (non-hydrogen) atoms. The molecule has 0 saturated carbocycles. The Balaban J connectivity index is 1.96. The van der Waals surface area contributed by atoms with Gasteiger partial charge in [0.25, 0.3) is 5.91 Å².